The summed E-state index contributed by atoms with van der Waals surface area (Å²) in [6, 6.07) is 0. The minimum atomic E-state index is -1.08. The molecule has 0 atom stereocenters. The van der Waals surface area contributed by atoms with Crippen LogP contribution in [-0.4, -0.2) is 41.0 Å². The van der Waals surface area contributed by atoms with Gasteiger partial charge in [0.2, 0.25) is 0 Å². The summed E-state index contributed by atoms with van der Waals surface area (Å²) in [5.74, 6) is -2.15. The molecule has 0 aromatic carbocycles. The molecule has 0 unspecified atom stereocenters. The van der Waals surface area contributed by atoms with Crippen molar-refractivity contribution >= 4 is 30.8 Å². The molecule has 0 aromatic heterocycles. The van der Waals surface area contributed by atoms with E-state index in [2.05, 4.69) is 0 Å². The van der Waals surface area contributed by atoms with E-state index in [9.17, 15) is 9.59 Å². The van der Waals surface area contributed by atoms with Crippen LogP contribution in [0.5, 0.6) is 0 Å². The fourth-order valence-electron chi connectivity index (χ4n) is 0.214. The first-order valence-corrected chi connectivity index (χ1v) is 2.06. The number of carboxylic acids is 2. The second-order valence-electron chi connectivity index (χ2n) is 1.29. The Morgan fingerprint density at radius 3 is 1.30 bits per heavy atom. The van der Waals surface area contributed by atoms with Crippen LogP contribution in [0, 0.1) is 0 Å². The summed E-state index contributed by atoms with van der Waals surface area (Å²) < 4.78 is 0. The Balaban J connectivity index is -0.000000245. The molecule has 5 nitrogen and oxygen atoms in total. The monoisotopic (exact) mass is 143 g/mol. The molecule has 0 aliphatic rings. The summed E-state index contributed by atoms with van der Waals surface area (Å²) in [5.41, 5.74) is 0. The van der Waals surface area contributed by atoms with Crippen molar-refractivity contribution in [3.05, 3.63) is 0 Å². The van der Waals surface area contributed by atoms with Gasteiger partial charge in [-0.05, 0) is 0 Å². The van der Waals surface area contributed by atoms with E-state index in [1.807, 2.05) is 0 Å². The molecule has 56 valence electrons. The van der Waals surface area contributed by atoms with E-state index in [-0.39, 0.29) is 37.9 Å². The second kappa shape index (κ2) is 8.50. The van der Waals surface area contributed by atoms with Gasteiger partial charge >= 0.3 is 30.8 Å². The third kappa shape index (κ3) is 15.6. The number of aliphatic carboxylic acids is 2. The van der Waals surface area contributed by atoms with E-state index in [1.54, 1.807) is 0 Å². The Labute approximate surface area is 70.2 Å². The van der Waals surface area contributed by atoms with Crippen LogP contribution in [0.15, 0.2) is 0 Å². The number of hydrogen-bond donors (Lipinski definition) is 3. The minimum absolute atomic E-state index is 0. The molecule has 0 saturated heterocycles. The average Bonchev–Trinajstić information content (AvgIpc) is 1.61. The molecule has 0 saturated carbocycles. The topological polar surface area (TPSA) is 110 Å². The van der Waals surface area contributed by atoms with Crippen molar-refractivity contribution in [1.29, 1.82) is 0 Å². The predicted octanol–water partition coefficient (Wildman–Crippen LogP) is -0.551. The van der Waals surface area contributed by atoms with Crippen molar-refractivity contribution < 1.29 is 19.8 Å². The Kier molecular flexibility index (Phi) is 13.8. The zero-order valence-electron chi connectivity index (χ0n) is 4.83. The van der Waals surface area contributed by atoms with Crippen molar-refractivity contribution in [3.63, 3.8) is 0 Å². The van der Waals surface area contributed by atoms with Crippen LogP contribution in [-0.2, 0) is 9.59 Å². The van der Waals surface area contributed by atoms with Gasteiger partial charge in [-0.1, -0.05) is 0 Å². The SMILES string of the molecule is N.O=C(O)CCC(=O)O.[LiH]. The predicted molar refractivity (Wildman–Crippen MR) is 36.7 cm³/mol. The van der Waals surface area contributed by atoms with Gasteiger partial charge in [0.05, 0.1) is 12.8 Å². The first kappa shape index (κ1) is 16.2. The van der Waals surface area contributed by atoms with Crippen LogP contribution in [0.1, 0.15) is 12.8 Å². The van der Waals surface area contributed by atoms with E-state index in [4.69, 9.17) is 10.2 Å². The molecular weight excluding hydrogens is 133 g/mol. The van der Waals surface area contributed by atoms with Crippen molar-refractivity contribution in [2.45, 2.75) is 12.8 Å². The Morgan fingerprint density at radius 2 is 1.20 bits per heavy atom. The average molecular weight is 143 g/mol. The van der Waals surface area contributed by atoms with Gasteiger partial charge in [0.25, 0.3) is 0 Å². The Bertz CT molecular complexity index is 102. The third-order valence-corrected chi connectivity index (χ3v) is 0.553. The van der Waals surface area contributed by atoms with Gasteiger partial charge in [-0.3, -0.25) is 9.59 Å². The summed E-state index contributed by atoms with van der Waals surface area (Å²) in [4.78, 5) is 19.3. The summed E-state index contributed by atoms with van der Waals surface area (Å²) in [6.07, 6.45) is -0.593. The number of rotatable bonds is 3. The number of hydrogen-bond acceptors (Lipinski definition) is 3. The van der Waals surface area contributed by atoms with Gasteiger partial charge in [-0.15, -0.1) is 0 Å². The first-order chi connectivity index (χ1) is 3.63. The van der Waals surface area contributed by atoms with Gasteiger partial charge in [0.15, 0.2) is 0 Å². The van der Waals surface area contributed by atoms with Crippen molar-refractivity contribution in [2.24, 2.45) is 0 Å². The maximum absolute atomic E-state index is 9.64. The Morgan fingerprint density at radius 1 is 1.00 bits per heavy atom. The molecule has 5 N–H and O–H groups in total. The molecule has 0 aliphatic carbocycles. The van der Waals surface area contributed by atoms with Crippen LogP contribution in [0.2, 0.25) is 0 Å². The second-order valence-corrected chi connectivity index (χ2v) is 1.29. The van der Waals surface area contributed by atoms with Crippen LogP contribution in [0.25, 0.3) is 0 Å². The quantitative estimate of drug-likeness (QED) is 0.459. The standard InChI is InChI=1S/C4H6O4.Li.H3N.H/c5-3(6)1-2-4(7)8;;;/h1-2H2,(H,5,6)(H,7,8);;1H3;. The molecule has 0 amide bonds. The summed E-state index contributed by atoms with van der Waals surface area (Å²) in [5, 5.41) is 15.8. The molecule has 0 bridgehead atoms. The molecular formula is C4H10LiNO4. The normalized spacial score (nSPS) is 6.80. The maximum atomic E-state index is 9.64. The van der Waals surface area contributed by atoms with Crippen molar-refractivity contribution in [1.82, 2.24) is 6.15 Å². The van der Waals surface area contributed by atoms with E-state index in [0.717, 1.165) is 0 Å². The van der Waals surface area contributed by atoms with E-state index in [0.29, 0.717) is 0 Å². The van der Waals surface area contributed by atoms with Crippen LogP contribution in [0.4, 0.5) is 0 Å². The van der Waals surface area contributed by atoms with Gasteiger partial charge in [-0.25, -0.2) is 0 Å². The van der Waals surface area contributed by atoms with E-state index in [1.165, 1.54) is 0 Å². The van der Waals surface area contributed by atoms with E-state index >= 15 is 0 Å². The number of carboxylic acid groups (broad SMARTS) is 2. The molecule has 0 rings (SSSR count). The van der Waals surface area contributed by atoms with Crippen LogP contribution in [0.3, 0.4) is 0 Å². The molecule has 6 heteroatoms. The molecule has 0 radical (unpaired) electrons. The molecule has 0 spiro atoms. The van der Waals surface area contributed by atoms with Gasteiger partial charge in [0.1, 0.15) is 0 Å². The molecule has 10 heavy (non-hydrogen) atoms. The molecule has 0 fully saturated rings. The fraction of sp³-hybridized carbons (Fsp3) is 0.500. The van der Waals surface area contributed by atoms with Gasteiger partial charge in [0, 0.05) is 0 Å². The van der Waals surface area contributed by atoms with Crippen molar-refractivity contribution in [3.8, 4) is 0 Å². The van der Waals surface area contributed by atoms with Gasteiger partial charge in [-0.2, -0.15) is 0 Å². The Hall–Kier alpha value is -0.503. The number of carbonyl (C=O) groups is 2. The van der Waals surface area contributed by atoms with Gasteiger partial charge < -0.3 is 16.4 Å². The van der Waals surface area contributed by atoms with Crippen molar-refractivity contribution in [2.75, 3.05) is 0 Å². The summed E-state index contributed by atoms with van der Waals surface area (Å²) in [6.45, 7) is 0. The molecule has 0 heterocycles. The van der Waals surface area contributed by atoms with E-state index < -0.39 is 11.9 Å². The third-order valence-electron chi connectivity index (χ3n) is 0.553. The van der Waals surface area contributed by atoms with Crippen LogP contribution >= 0.6 is 0 Å². The zero-order chi connectivity index (χ0) is 6.57. The molecule has 0 aliphatic heterocycles. The van der Waals surface area contributed by atoms with Crippen LogP contribution < -0.4 is 6.15 Å². The fourth-order valence-corrected chi connectivity index (χ4v) is 0.214. The summed E-state index contributed by atoms with van der Waals surface area (Å²) >= 11 is 0. The molecule has 0 aromatic rings. The summed E-state index contributed by atoms with van der Waals surface area (Å²) in [7, 11) is 0. The first-order valence-electron chi connectivity index (χ1n) is 2.06. The zero-order valence-corrected chi connectivity index (χ0v) is 4.83.